The van der Waals surface area contributed by atoms with Gasteiger partial charge in [0.2, 0.25) is 0 Å². The van der Waals surface area contributed by atoms with Crippen molar-refractivity contribution in [2.75, 3.05) is 0 Å². The van der Waals surface area contributed by atoms with Gasteiger partial charge in [-0.1, -0.05) is 17.2 Å². The van der Waals surface area contributed by atoms with Gasteiger partial charge < -0.3 is 0 Å². The Bertz CT molecular complexity index is 377. The van der Waals surface area contributed by atoms with Gasteiger partial charge >= 0.3 is 0 Å². The fourth-order valence-electron chi connectivity index (χ4n) is 1.35. The Morgan fingerprint density at radius 1 is 1.43 bits per heavy atom. The van der Waals surface area contributed by atoms with Crippen molar-refractivity contribution in [2.24, 2.45) is 0 Å². The summed E-state index contributed by atoms with van der Waals surface area (Å²) in [6, 6.07) is 1.81. The van der Waals surface area contributed by atoms with E-state index in [9.17, 15) is 0 Å². The smallest absolute Gasteiger partial charge is 0.133 e. The van der Waals surface area contributed by atoms with Crippen molar-refractivity contribution in [3.05, 3.63) is 28.3 Å². The summed E-state index contributed by atoms with van der Waals surface area (Å²) >= 11 is 5.92. The van der Waals surface area contributed by atoms with Gasteiger partial charge in [0.1, 0.15) is 11.0 Å². The Labute approximate surface area is 89.0 Å². The van der Waals surface area contributed by atoms with Crippen LogP contribution in [0.15, 0.2) is 11.6 Å². The maximum absolute atomic E-state index is 5.92. The van der Waals surface area contributed by atoms with Gasteiger partial charge in [-0.3, -0.25) is 0 Å². The van der Waals surface area contributed by atoms with Gasteiger partial charge in [0, 0.05) is 12.0 Å². The molecule has 0 amide bonds. The van der Waals surface area contributed by atoms with Crippen LogP contribution in [0.1, 0.15) is 44.1 Å². The highest BCUT2D eigenvalue weighted by Gasteiger charge is 2.26. The summed E-state index contributed by atoms with van der Waals surface area (Å²) in [6.45, 7) is 4.10. The number of hydrogen-bond acceptors (Lipinski definition) is 2. The number of aromatic nitrogens is 2. The second-order valence-corrected chi connectivity index (χ2v) is 4.36. The van der Waals surface area contributed by atoms with Gasteiger partial charge in [-0.25, -0.2) is 9.97 Å². The first-order chi connectivity index (χ1) is 6.65. The van der Waals surface area contributed by atoms with E-state index in [1.54, 1.807) is 6.07 Å². The summed E-state index contributed by atoms with van der Waals surface area (Å²) in [4.78, 5) is 8.69. The molecule has 0 aromatic carbocycles. The minimum Gasteiger partial charge on any atom is -0.233 e. The van der Waals surface area contributed by atoms with Crippen molar-refractivity contribution in [3.8, 4) is 0 Å². The van der Waals surface area contributed by atoms with Crippen molar-refractivity contribution in [1.82, 2.24) is 9.97 Å². The molecule has 2 rings (SSSR count). The first-order valence-electron chi connectivity index (χ1n) is 4.84. The maximum Gasteiger partial charge on any atom is 0.133 e. The Morgan fingerprint density at radius 3 is 2.71 bits per heavy atom. The summed E-state index contributed by atoms with van der Waals surface area (Å²) in [6.07, 6.45) is 4.43. The summed E-state index contributed by atoms with van der Waals surface area (Å²) < 4.78 is 0. The molecule has 0 aliphatic heterocycles. The van der Waals surface area contributed by atoms with Crippen LogP contribution in [0.3, 0.4) is 0 Å². The van der Waals surface area contributed by atoms with Gasteiger partial charge in [0.25, 0.3) is 0 Å². The van der Waals surface area contributed by atoms with E-state index in [0.29, 0.717) is 11.1 Å². The Morgan fingerprint density at radius 2 is 2.14 bits per heavy atom. The molecule has 0 bridgehead atoms. The van der Waals surface area contributed by atoms with Crippen LogP contribution in [0.2, 0.25) is 5.15 Å². The molecule has 1 saturated carbocycles. The van der Waals surface area contributed by atoms with E-state index in [2.05, 4.69) is 9.97 Å². The molecule has 1 aromatic heterocycles. The Kier molecular flexibility index (Phi) is 2.55. The van der Waals surface area contributed by atoms with E-state index >= 15 is 0 Å². The highest BCUT2D eigenvalue weighted by Crippen LogP contribution is 2.38. The van der Waals surface area contributed by atoms with E-state index in [1.807, 2.05) is 19.9 Å². The third-order valence-corrected chi connectivity index (χ3v) is 2.30. The lowest BCUT2D eigenvalue weighted by Crippen LogP contribution is -1.95. The molecule has 0 saturated heterocycles. The summed E-state index contributed by atoms with van der Waals surface area (Å²) in [5.41, 5.74) is 2.15. The van der Waals surface area contributed by atoms with Crippen LogP contribution in [-0.4, -0.2) is 9.97 Å². The molecule has 3 heteroatoms. The van der Waals surface area contributed by atoms with Crippen LogP contribution in [0.25, 0.3) is 6.08 Å². The molecule has 74 valence electrons. The third kappa shape index (κ3) is 2.32. The van der Waals surface area contributed by atoms with Crippen molar-refractivity contribution < 1.29 is 0 Å². The molecule has 0 radical (unpaired) electrons. The standard InChI is InChI=1S/C11H13ClN2/c1-7(2)5-9-6-10(12)14-11(13-9)8-3-4-8/h5-6,8H,3-4H2,1-2H3. The minimum absolute atomic E-state index is 0.550. The predicted molar refractivity (Wildman–Crippen MR) is 58.3 cm³/mol. The molecule has 14 heavy (non-hydrogen) atoms. The number of rotatable bonds is 2. The van der Waals surface area contributed by atoms with Crippen molar-refractivity contribution >= 4 is 17.7 Å². The SMILES string of the molecule is CC(C)=Cc1cc(Cl)nc(C2CC2)n1. The topological polar surface area (TPSA) is 25.8 Å². The molecule has 1 fully saturated rings. The van der Waals surface area contributed by atoms with E-state index in [1.165, 1.54) is 18.4 Å². The second-order valence-electron chi connectivity index (χ2n) is 3.97. The van der Waals surface area contributed by atoms with Crippen molar-refractivity contribution in [1.29, 1.82) is 0 Å². The largest absolute Gasteiger partial charge is 0.233 e. The van der Waals surface area contributed by atoms with E-state index < -0.39 is 0 Å². The highest BCUT2D eigenvalue weighted by atomic mass is 35.5. The minimum atomic E-state index is 0.550. The van der Waals surface area contributed by atoms with Crippen LogP contribution in [0, 0.1) is 0 Å². The van der Waals surface area contributed by atoms with Crippen LogP contribution < -0.4 is 0 Å². The Balaban J connectivity index is 2.35. The van der Waals surface area contributed by atoms with Crippen LogP contribution >= 0.6 is 11.6 Å². The highest BCUT2D eigenvalue weighted by molar-refractivity contribution is 6.29. The maximum atomic E-state index is 5.92. The lowest BCUT2D eigenvalue weighted by molar-refractivity contribution is 0.921. The number of allylic oxidation sites excluding steroid dienone is 1. The zero-order chi connectivity index (χ0) is 10.1. The van der Waals surface area contributed by atoms with Gasteiger partial charge in [0.15, 0.2) is 0 Å². The molecule has 1 aliphatic rings. The van der Waals surface area contributed by atoms with Crippen molar-refractivity contribution in [2.45, 2.75) is 32.6 Å². The molecule has 0 unspecified atom stereocenters. The summed E-state index contributed by atoms with van der Waals surface area (Å²) in [7, 11) is 0. The van der Waals surface area contributed by atoms with E-state index in [4.69, 9.17) is 11.6 Å². The lowest BCUT2D eigenvalue weighted by atomic mass is 10.2. The molecular weight excluding hydrogens is 196 g/mol. The fourth-order valence-corrected chi connectivity index (χ4v) is 1.55. The molecule has 1 aliphatic carbocycles. The summed E-state index contributed by atoms with van der Waals surface area (Å²) in [5.74, 6) is 1.46. The molecule has 1 aromatic rings. The second kappa shape index (κ2) is 3.70. The van der Waals surface area contributed by atoms with Crippen LogP contribution in [0.5, 0.6) is 0 Å². The van der Waals surface area contributed by atoms with E-state index in [-0.39, 0.29) is 0 Å². The number of halogens is 1. The van der Waals surface area contributed by atoms with Crippen LogP contribution in [0.4, 0.5) is 0 Å². The van der Waals surface area contributed by atoms with Crippen LogP contribution in [-0.2, 0) is 0 Å². The fraction of sp³-hybridized carbons (Fsp3) is 0.455. The molecule has 1 heterocycles. The van der Waals surface area contributed by atoms with Crippen molar-refractivity contribution in [3.63, 3.8) is 0 Å². The van der Waals surface area contributed by atoms with Gasteiger partial charge in [-0.2, -0.15) is 0 Å². The van der Waals surface area contributed by atoms with Gasteiger partial charge in [0.05, 0.1) is 5.69 Å². The number of hydrogen-bond donors (Lipinski definition) is 0. The summed E-state index contributed by atoms with van der Waals surface area (Å²) in [5, 5.41) is 0.550. The lowest BCUT2D eigenvalue weighted by Gasteiger charge is -2.00. The molecule has 0 spiro atoms. The first kappa shape index (κ1) is 9.66. The average Bonchev–Trinajstić information content (AvgIpc) is 2.82. The molecule has 0 atom stereocenters. The predicted octanol–water partition coefficient (Wildman–Crippen LogP) is 3.43. The molecular formula is C11H13ClN2. The average molecular weight is 209 g/mol. The number of nitrogens with zero attached hydrogens (tertiary/aromatic N) is 2. The molecule has 0 N–H and O–H groups in total. The Hall–Kier alpha value is -0.890. The zero-order valence-corrected chi connectivity index (χ0v) is 9.17. The zero-order valence-electron chi connectivity index (χ0n) is 8.42. The normalized spacial score (nSPS) is 15.4. The van der Waals surface area contributed by atoms with E-state index in [0.717, 1.165) is 11.5 Å². The van der Waals surface area contributed by atoms with Gasteiger partial charge in [-0.05, 0) is 32.8 Å². The quantitative estimate of drug-likeness (QED) is 0.696. The molecule has 2 nitrogen and oxygen atoms in total. The monoisotopic (exact) mass is 208 g/mol. The third-order valence-electron chi connectivity index (χ3n) is 2.11. The first-order valence-corrected chi connectivity index (χ1v) is 5.22. The van der Waals surface area contributed by atoms with Gasteiger partial charge in [-0.15, -0.1) is 0 Å².